The van der Waals surface area contributed by atoms with E-state index in [9.17, 15) is 14.3 Å². The molecule has 5 rings (SSSR count). The lowest BCUT2D eigenvalue weighted by Crippen LogP contribution is -2.69. The molecule has 4 saturated heterocycles. The number of benzene rings is 1. The van der Waals surface area contributed by atoms with Crippen LogP contribution in [0, 0.1) is 23.1 Å². The van der Waals surface area contributed by atoms with Crippen LogP contribution in [0.15, 0.2) is 24.3 Å². The number of hydrogen-bond donors (Lipinski definition) is 2. The summed E-state index contributed by atoms with van der Waals surface area (Å²) >= 11 is 0. The van der Waals surface area contributed by atoms with Gasteiger partial charge in [0.2, 0.25) is 5.91 Å². The Balaban J connectivity index is 0.00000136. The Hall–Kier alpha value is -0.920. The van der Waals surface area contributed by atoms with Crippen LogP contribution in [0.4, 0.5) is 4.39 Å². The van der Waals surface area contributed by atoms with Crippen LogP contribution in [-0.4, -0.2) is 72.2 Å². The van der Waals surface area contributed by atoms with Gasteiger partial charge < -0.3 is 15.3 Å². The van der Waals surface area contributed by atoms with Crippen molar-refractivity contribution in [1.82, 2.24) is 15.1 Å². The number of nitrogens with one attached hydrogen (secondary N) is 1. The van der Waals surface area contributed by atoms with Crippen LogP contribution in [0.25, 0.3) is 0 Å². The van der Waals surface area contributed by atoms with Gasteiger partial charge in [-0.15, -0.1) is 24.8 Å². The monoisotopic (exact) mass is 473 g/mol. The van der Waals surface area contributed by atoms with Crippen LogP contribution >= 0.6 is 24.8 Å². The van der Waals surface area contributed by atoms with E-state index in [4.69, 9.17) is 0 Å². The fourth-order valence-corrected chi connectivity index (χ4v) is 6.35. The number of carbonyl (C=O) groups is 1. The van der Waals surface area contributed by atoms with Gasteiger partial charge in [-0.05, 0) is 61.8 Å². The molecule has 1 amide bonds. The lowest BCUT2D eigenvalue weighted by atomic mass is 9.70. The average Bonchev–Trinajstić information content (AvgIpc) is 2.70. The second-order valence-corrected chi connectivity index (χ2v) is 9.71. The normalized spacial score (nSPS) is 31.5. The minimum atomic E-state index is -0.615. The zero-order valence-corrected chi connectivity index (χ0v) is 19.5. The molecule has 4 heterocycles. The van der Waals surface area contributed by atoms with E-state index in [1.807, 2.05) is 6.07 Å². The van der Waals surface area contributed by atoms with Crippen LogP contribution < -0.4 is 5.32 Å². The van der Waals surface area contributed by atoms with Crippen molar-refractivity contribution in [1.29, 1.82) is 0 Å². The Labute approximate surface area is 196 Å². The zero-order valence-electron chi connectivity index (χ0n) is 17.8. The van der Waals surface area contributed by atoms with Gasteiger partial charge in [-0.3, -0.25) is 9.69 Å². The molecule has 4 aliphatic heterocycles. The number of nitrogens with zero attached hydrogens (tertiary/aromatic N) is 2. The summed E-state index contributed by atoms with van der Waals surface area (Å²) in [6.07, 6.45) is 5.70. The van der Waals surface area contributed by atoms with Crippen molar-refractivity contribution in [2.24, 2.45) is 17.3 Å². The van der Waals surface area contributed by atoms with Crippen molar-refractivity contribution in [3.8, 4) is 0 Å². The summed E-state index contributed by atoms with van der Waals surface area (Å²) in [7, 11) is 0. The summed E-state index contributed by atoms with van der Waals surface area (Å²) in [6.45, 7) is 3.79. The average molecular weight is 474 g/mol. The summed E-state index contributed by atoms with van der Waals surface area (Å²) < 4.78 is 13.8. The molecule has 1 aromatic rings. The minimum Gasteiger partial charge on any atom is -0.395 e. The van der Waals surface area contributed by atoms with E-state index in [2.05, 4.69) is 15.1 Å². The third kappa shape index (κ3) is 4.47. The molecule has 4 atom stereocenters. The molecule has 0 aliphatic carbocycles. The summed E-state index contributed by atoms with van der Waals surface area (Å²) in [5.41, 5.74) is 0.437. The Kier molecular flexibility index (Phi) is 7.91. The second kappa shape index (κ2) is 9.92. The van der Waals surface area contributed by atoms with E-state index in [-0.39, 0.29) is 43.1 Å². The fourth-order valence-electron chi connectivity index (χ4n) is 6.35. The van der Waals surface area contributed by atoms with E-state index in [1.165, 1.54) is 25.3 Å². The number of hydrogen-bond acceptors (Lipinski definition) is 4. The fraction of sp³-hybridized carbons (Fsp3) is 0.696. The largest absolute Gasteiger partial charge is 0.395 e. The molecule has 2 N–H and O–H groups in total. The lowest BCUT2D eigenvalue weighted by Gasteiger charge is -2.58. The molecule has 0 spiro atoms. The highest BCUT2D eigenvalue weighted by Gasteiger charge is 2.52. The van der Waals surface area contributed by atoms with E-state index >= 15 is 0 Å². The molecule has 0 radical (unpaired) electrons. The third-order valence-electron chi connectivity index (χ3n) is 7.93. The second-order valence-electron chi connectivity index (χ2n) is 9.71. The number of rotatable bonds is 4. The van der Waals surface area contributed by atoms with Crippen molar-refractivity contribution >= 4 is 30.7 Å². The summed E-state index contributed by atoms with van der Waals surface area (Å²) in [6, 6.07) is 7.89. The first-order chi connectivity index (χ1) is 14.1. The number of carbonyl (C=O) groups excluding carboxylic acids is 1. The van der Waals surface area contributed by atoms with Gasteiger partial charge in [-0.25, -0.2) is 4.39 Å². The molecule has 1 aromatic carbocycles. The van der Waals surface area contributed by atoms with Gasteiger partial charge in [0.05, 0.1) is 12.0 Å². The maximum Gasteiger partial charge on any atom is 0.233 e. The van der Waals surface area contributed by atoms with E-state index in [0.717, 1.165) is 38.0 Å². The molecule has 2 bridgehead atoms. The molecule has 0 aromatic heterocycles. The quantitative estimate of drug-likeness (QED) is 0.705. The van der Waals surface area contributed by atoms with E-state index < -0.39 is 5.41 Å². The number of amides is 1. The highest BCUT2D eigenvalue weighted by atomic mass is 35.5. The van der Waals surface area contributed by atoms with Gasteiger partial charge in [0.1, 0.15) is 5.82 Å². The maximum absolute atomic E-state index is 13.8. The zero-order chi connectivity index (χ0) is 20.0. The molecule has 8 heteroatoms. The first kappa shape index (κ1) is 24.7. The number of halogens is 3. The Bertz CT molecular complexity index is 773. The van der Waals surface area contributed by atoms with E-state index in [0.29, 0.717) is 37.0 Å². The van der Waals surface area contributed by atoms with Crippen molar-refractivity contribution in [3.05, 3.63) is 35.6 Å². The predicted octanol–water partition coefficient (Wildman–Crippen LogP) is 2.50. The van der Waals surface area contributed by atoms with E-state index in [1.54, 1.807) is 12.1 Å². The van der Waals surface area contributed by atoms with Gasteiger partial charge >= 0.3 is 0 Å². The van der Waals surface area contributed by atoms with Crippen LogP contribution in [-0.2, 0) is 11.2 Å². The molecule has 5 nitrogen and oxygen atoms in total. The number of fused-ring (bicyclic) bond motifs is 4. The van der Waals surface area contributed by atoms with Crippen LogP contribution in [0.3, 0.4) is 0 Å². The third-order valence-corrected chi connectivity index (χ3v) is 7.93. The van der Waals surface area contributed by atoms with Crippen LogP contribution in [0.2, 0.25) is 0 Å². The highest BCUT2D eigenvalue weighted by molar-refractivity contribution is 5.86. The lowest BCUT2D eigenvalue weighted by molar-refractivity contribution is -0.157. The molecule has 0 unspecified atom stereocenters. The van der Waals surface area contributed by atoms with Crippen LogP contribution in [0.1, 0.15) is 31.2 Å². The molecular formula is C23H34Cl2FN3O2. The number of aliphatic hydroxyl groups is 1. The van der Waals surface area contributed by atoms with Crippen molar-refractivity contribution in [2.45, 2.75) is 44.2 Å². The molecule has 31 heavy (non-hydrogen) atoms. The number of likely N-dealkylation sites (tertiary alicyclic amines) is 1. The first-order valence-electron chi connectivity index (χ1n) is 11.2. The smallest absolute Gasteiger partial charge is 0.233 e. The summed E-state index contributed by atoms with van der Waals surface area (Å²) in [4.78, 5) is 18.0. The van der Waals surface area contributed by atoms with Gasteiger partial charge in [-0.2, -0.15) is 0 Å². The van der Waals surface area contributed by atoms with Crippen molar-refractivity contribution in [2.75, 3.05) is 39.3 Å². The van der Waals surface area contributed by atoms with Crippen molar-refractivity contribution in [3.63, 3.8) is 0 Å². The Morgan fingerprint density at radius 1 is 1.19 bits per heavy atom. The molecule has 174 valence electrons. The molecule has 4 aliphatic rings. The topological polar surface area (TPSA) is 55.8 Å². The number of aliphatic hydroxyl groups excluding tert-OH is 1. The molecule has 4 fully saturated rings. The van der Waals surface area contributed by atoms with Gasteiger partial charge in [-0.1, -0.05) is 18.6 Å². The Morgan fingerprint density at radius 3 is 2.65 bits per heavy atom. The Morgan fingerprint density at radius 2 is 1.97 bits per heavy atom. The maximum atomic E-state index is 13.8. The number of piperidine rings is 3. The SMILES string of the molecule is Cl.Cl.O=C(N1C[C@H]2C[C@@H](C1)[C@H](Cc1cccc(F)c1)N1CCCC[C@@H]21)C1(CO)CNC1. The molecular weight excluding hydrogens is 440 g/mol. The van der Waals surface area contributed by atoms with Gasteiger partial charge in [0.25, 0.3) is 0 Å². The predicted molar refractivity (Wildman–Crippen MR) is 123 cm³/mol. The van der Waals surface area contributed by atoms with Gasteiger partial charge in [0.15, 0.2) is 0 Å². The highest BCUT2D eigenvalue weighted by Crippen LogP contribution is 2.43. The van der Waals surface area contributed by atoms with Crippen molar-refractivity contribution < 1.29 is 14.3 Å². The first-order valence-corrected chi connectivity index (χ1v) is 11.2. The van der Waals surface area contributed by atoms with Gasteiger partial charge in [0, 0.05) is 38.3 Å². The minimum absolute atomic E-state index is 0. The standard InChI is InChI=1S/C23H32FN3O2.2ClH/c24-19-5-3-4-16(8-19)9-21-18-10-17(20-6-1-2-7-27(20)21)11-26(12-18)22(29)23(15-28)13-25-14-23;;/h3-5,8,17-18,20-21,25,28H,1-2,6-7,9-15H2;2*1H/t17-,18+,20+,21+;;/m1../s1. The van der Waals surface area contributed by atoms with Crippen LogP contribution in [0.5, 0.6) is 0 Å². The molecule has 0 saturated carbocycles. The summed E-state index contributed by atoms with van der Waals surface area (Å²) in [5, 5.41) is 13.0. The summed E-state index contributed by atoms with van der Waals surface area (Å²) in [5.74, 6) is 0.890.